The van der Waals surface area contributed by atoms with Crippen molar-refractivity contribution in [3.8, 4) is 5.75 Å². The molecule has 3 rings (SSSR count). The van der Waals surface area contributed by atoms with Gasteiger partial charge in [-0.1, -0.05) is 42.5 Å². The molecule has 2 N–H and O–H groups in total. The van der Waals surface area contributed by atoms with Crippen LogP contribution in [0.1, 0.15) is 24.0 Å². The van der Waals surface area contributed by atoms with Crippen LogP contribution in [0.25, 0.3) is 0 Å². The largest absolute Gasteiger partial charge is 0.492 e. The first-order valence-electron chi connectivity index (χ1n) is 10.7. The fourth-order valence-electron chi connectivity index (χ4n) is 3.40. The maximum absolute atomic E-state index is 12.0. The molecule has 0 aliphatic carbocycles. The summed E-state index contributed by atoms with van der Waals surface area (Å²) < 4.78 is 11.2. The molecule has 6 heteroatoms. The van der Waals surface area contributed by atoms with Crippen molar-refractivity contribution >= 4 is 5.91 Å². The fraction of sp³-hybridized carbons (Fsp3) is 0.458. The Labute approximate surface area is 178 Å². The van der Waals surface area contributed by atoms with Crippen LogP contribution in [-0.2, 0) is 22.5 Å². The van der Waals surface area contributed by atoms with Crippen molar-refractivity contribution in [1.82, 2.24) is 10.2 Å². The third kappa shape index (κ3) is 7.78. The van der Waals surface area contributed by atoms with Gasteiger partial charge in [0.1, 0.15) is 18.5 Å². The number of rotatable bonds is 11. The van der Waals surface area contributed by atoms with E-state index in [1.807, 2.05) is 54.6 Å². The van der Waals surface area contributed by atoms with E-state index in [1.54, 1.807) is 0 Å². The molecular formula is C24H32N2O4. The van der Waals surface area contributed by atoms with E-state index >= 15 is 0 Å². The van der Waals surface area contributed by atoms with Crippen LogP contribution in [0, 0.1) is 0 Å². The molecule has 1 atom stereocenters. The summed E-state index contributed by atoms with van der Waals surface area (Å²) in [6, 6.07) is 17.7. The van der Waals surface area contributed by atoms with Crippen LogP contribution in [0.4, 0.5) is 0 Å². The number of amides is 1. The number of morpholine rings is 1. The van der Waals surface area contributed by atoms with Gasteiger partial charge in [-0.15, -0.1) is 0 Å². The summed E-state index contributed by atoms with van der Waals surface area (Å²) in [6.07, 6.45) is 1.03. The number of hydrogen-bond acceptors (Lipinski definition) is 5. The number of ether oxygens (including phenoxy) is 2. The number of aliphatic hydroxyl groups excluding tert-OH is 1. The molecule has 0 radical (unpaired) electrons. The standard InChI is InChI=1S/C24H32N2O4/c27-23(24(28)25-19-21-5-2-1-3-6-21)8-4-7-20-9-11-22(12-10-20)30-18-15-26-13-16-29-17-14-26/h1-3,5-6,9-12,23,27H,4,7-8,13-19H2,(H,25,28). The topological polar surface area (TPSA) is 71.0 Å². The predicted molar refractivity (Wildman–Crippen MR) is 116 cm³/mol. The lowest BCUT2D eigenvalue weighted by atomic mass is 10.1. The number of hydrogen-bond donors (Lipinski definition) is 2. The SMILES string of the molecule is O=C(NCc1ccccc1)C(O)CCCc1ccc(OCCN2CCOCC2)cc1. The van der Waals surface area contributed by atoms with Gasteiger partial charge in [-0.2, -0.15) is 0 Å². The van der Waals surface area contributed by atoms with E-state index < -0.39 is 6.10 Å². The lowest BCUT2D eigenvalue weighted by molar-refractivity contribution is -0.129. The molecule has 2 aromatic rings. The van der Waals surface area contributed by atoms with E-state index in [0.29, 0.717) is 19.6 Å². The number of carbonyl (C=O) groups is 1. The van der Waals surface area contributed by atoms with Crippen molar-refractivity contribution in [3.63, 3.8) is 0 Å². The van der Waals surface area contributed by atoms with Crippen molar-refractivity contribution < 1.29 is 19.4 Å². The van der Waals surface area contributed by atoms with E-state index in [2.05, 4.69) is 10.2 Å². The van der Waals surface area contributed by atoms with Crippen molar-refractivity contribution in [2.75, 3.05) is 39.5 Å². The smallest absolute Gasteiger partial charge is 0.249 e. The quantitative estimate of drug-likeness (QED) is 0.593. The summed E-state index contributed by atoms with van der Waals surface area (Å²) in [5.41, 5.74) is 2.19. The average molecular weight is 413 g/mol. The zero-order valence-corrected chi connectivity index (χ0v) is 17.5. The zero-order chi connectivity index (χ0) is 21.0. The maximum Gasteiger partial charge on any atom is 0.249 e. The van der Waals surface area contributed by atoms with E-state index in [0.717, 1.165) is 57.0 Å². The number of nitrogens with one attached hydrogen (secondary N) is 1. The van der Waals surface area contributed by atoms with Crippen LogP contribution < -0.4 is 10.1 Å². The van der Waals surface area contributed by atoms with Crippen molar-refractivity contribution in [3.05, 3.63) is 65.7 Å². The molecule has 0 bridgehead atoms. The summed E-state index contributed by atoms with van der Waals surface area (Å²) in [6.45, 7) is 5.57. The highest BCUT2D eigenvalue weighted by Gasteiger charge is 2.14. The van der Waals surface area contributed by atoms with Gasteiger partial charge < -0.3 is 19.9 Å². The van der Waals surface area contributed by atoms with Gasteiger partial charge in [-0.3, -0.25) is 9.69 Å². The highest BCUT2D eigenvalue weighted by atomic mass is 16.5. The lowest BCUT2D eigenvalue weighted by Gasteiger charge is -2.26. The Morgan fingerprint density at radius 3 is 2.53 bits per heavy atom. The normalized spacial score (nSPS) is 15.5. The molecule has 1 amide bonds. The first-order chi connectivity index (χ1) is 14.7. The van der Waals surface area contributed by atoms with E-state index in [-0.39, 0.29) is 5.91 Å². The molecule has 6 nitrogen and oxygen atoms in total. The summed E-state index contributed by atoms with van der Waals surface area (Å²) in [5.74, 6) is 0.551. The molecule has 162 valence electrons. The number of benzene rings is 2. The Morgan fingerprint density at radius 2 is 1.80 bits per heavy atom. The molecule has 1 aliphatic heterocycles. The minimum absolute atomic E-state index is 0.317. The van der Waals surface area contributed by atoms with Crippen molar-refractivity contribution in [2.24, 2.45) is 0 Å². The van der Waals surface area contributed by atoms with E-state index in [4.69, 9.17) is 9.47 Å². The monoisotopic (exact) mass is 412 g/mol. The fourth-order valence-corrected chi connectivity index (χ4v) is 3.40. The Bertz CT molecular complexity index is 746. The van der Waals surface area contributed by atoms with Gasteiger partial charge in [-0.05, 0) is 42.5 Å². The van der Waals surface area contributed by atoms with Crippen LogP contribution in [0.2, 0.25) is 0 Å². The van der Waals surface area contributed by atoms with E-state index in [9.17, 15) is 9.90 Å². The molecule has 1 saturated heterocycles. The molecule has 0 saturated carbocycles. The van der Waals surface area contributed by atoms with Crippen molar-refractivity contribution in [1.29, 1.82) is 0 Å². The third-order valence-electron chi connectivity index (χ3n) is 5.26. The molecular weight excluding hydrogens is 380 g/mol. The third-order valence-corrected chi connectivity index (χ3v) is 5.26. The number of aryl methyl sites for hydroxylation is 1. The Morgan fingerprint density at radius 1 is 1.07 bits per heavy atom. The average Bonchev–Trinajstić information content (AvgIpc) is 2.80. The minimum atomic E-state index is -0.975. The highest BCUT2D eigenvalue weighted by Crippen LogP contribution is 2.15. The lowest BCUT2D eigenvalue weighted by Crippen LogP contribution is -2.38. The second kappa shape index (κ2) is 12.3. The van der Waals surface area contributed by atoms with Crippen molar-refractivity contribution in [2.45, 2.75) is 31.9 Å². The summed E-state index contributed by atoms with van der Waals surface area (Å²) in [7, 11) is 0. The summed E-state index contributed by atoms with van der Waals surface area (Å²) in [5, 5.41) is 12.9. The van der Waals surface area contributed by atoms with Crippen LogP contribution in [0.5, 0.6) is 5.75 Å². The summed E-state index contributed by atoms with van der Waals surface area (Å²) in [4.78, 5) is 14.4. The Hall–Kier alpha value is -2.41. The van der Waals surface area contributed by atoms with Gasteiger partial charge in [0.15, 0.2) is 0 Å². The van der Waals surface area contributed by atoms with E-state index in [1.165, 1.54) is 5.56 Å². The molecule has 1 aliphatic rings. The first-order valence-corrected chi connectivity index (χ1v) is 10.7. The van der Waals surface area contributed by atoms with Crippen LogP contribution >= 0.6 is 0 Å². The second-order valence-corrected chi connectivity index (χ2v) is 7.56. The van der Waals surface area contributed by atoms with Gasteiger partial charge in [0, 0.05) is 26.2 Å². The van der Waals surface area contributed by atoms with Gasteiger partial charge in [0.2, 0.25) is 5.91 Å². The minimum Gasteiger partial charge on any atom is -0.492 e. The van der Waals surface area contributed by atoms with Gasteiger partial charge in [0.05, 0.1) is 13.2 Å². The Balaban J connectivity index is 1.30. The first kappa shape index (κ1) is 22.3. The van der Waals surface area contributed by atoms with Crippen LogP contribution in [0.15, 0.2) is 54.6 Å². The predicted octanol–water partition coefficient (Wildman–Crippen LogP) is 2.40. The molecule has 1 fully saturated rings. The second-order valence-electron chi connectivity index (χ2n) is 7.56. The number of carbonyl (C=O) groups excluding carboxylic acids is 1. The molecule has 1 unspecified atom stereocenters. The van der Waals surface area contributed by atoms with Crippen LogP contribution in [-0.4, -0.2) is 61.5 Å². The Kier molecular flexibility index (Phi) is 9.15. The highest BCUT2D eigenvalue weighted by molar-refractivity contribution is 5.80. The van der Waals surface area contributed by atoms with Crippen LogP contribution in [0.3, 0.4) is 0 Å². The molecule has 1 heterocycles. The zero-order valence-electron chi connectivity index (χ0n) is 17.5. The number of nitrogens with zero attached hydrogens (tertiary/aromatic N) is 1. The van der Waals surface area contributed by atoms with Gasteiger partial charge >= 0.3 is 0 Å². The molecule has 30 heavy (non-hydrogen) atoms. The maximum atomic E-state index is 12.0. The molecule has 0 aromatic heterocycles. The molecule has 0 spiro atoms. The molecule has 2 aromatic carbocycles. The van der Waals surface area contributed by atoms with Gasteiger partial charge in [0.25, 0.3) is 0 Å². The summed E-state index contributed by atoms with van der Waals surface area (Å²) >= 11 is 0. The number of aliphatic hydroxyl groups is 1. The van der Waals surface area contributed by atoms with Gasteiger partial charge in [-0.25, -0.2) is 0 Å².